The molecule has 0 saturated carbocycles. The Morgan fingerprint density at radius 3 is 2.56 bits per heavy atom. The van der Waals surface area contributed by atoms with Crippen LogP contribution < -0.4 is 0 Å². The van der Waals surface area contributed by atoms with Gasteiger partial charge in [-0.1, -0.05) is 56.3 Å². The Balaban J connectivity index is 1.61. The summed E-state index contributed by atoms with van der Waals surface area (Å²) in [4.78, 5) is 21.6. The number of pyridine rings is 1. The lowest BCUT2D eigenvalue weighted by atomic mass is 9.86. The van der Waals surface area contributed by atoms with E-state index in [-0.39, 0.29) is 36.3 Å². The predicted molar refractivity (Wildman–Crippen MR) is 175 cm³/mol. The Bertz CT molecular complexity index is 1640. The third-order valence-corrected chi connectivity index (χ3v) is 8.06. The molecule has 7 heteroatoms. The van der Waals surface area contributed by atoms with Gasteiger partial charge in [0.1, 0.15) is 11.4 Å². The minimum Gasteiger partial charge on any atom is -0.460 e. The summed E-state index contributed by atoms with van der Waals surface area (Å²) in [5.41, 5.74) is 8.17. The fraction of sp³-hybridized carbons (Fsp3) is 0.447. The third-order valence-electron chi connectivity index (χ3n) is 8.06. The Labute approximate surface area is 266 Å². The molecule has 0 spiro atoms. The van der Waals surface area contributed by atoms with Gasteiger partial charge >= 0.3 is 5.97 Å². The molecule has 236 valence electrons. The van der Waals surface area contributed by atoms with E-state index in [0.717, 1.165) is 64.0 Å². The molecule has 6 nitrogen and oxygen atoms in total. The van der Waals surface area contributed by atoms with Crippen molar-refractivity contribution in [2.45, 2.75) is 110 Å². The van der Waals surface area contributed by atoms with Crippen molar-refractivity contribution in [3.05, 3.63) is 88.2 Å². The minimum absolute atomic E-state index is 0.0929. The zero-order chi connectivity index (χ0) is 32.5. The average molecular weight is 611 g/mol. The lowest BCUT2D eigenvalue weighted by Gasteiger charge is -2.40. The predicted octanol–water partition coefficient (Wildman–Crippen LogP) is 9.37. The summed E-state index contributed by atoms with van der Waals surface area (Å²) in [7, 11) is 0. The number of rotatable bonds is 6. The van der Waals surface area contributed by atoms with Crippen LogP contribution in [0, 0.1) is 12.4 Å². The fourth-order valence-electron chi connectivity index (χ4n) is 6.39. The zero-order valence-electron chi connectivity index (χ0n) is 27.4. The van der Waals surface area contributed by atoms with E-state index in [2.05, 4.69) is 24.8 Å². The van der Waals surface area contributed by atoms with E-state index in [4.69, 9.17) is 25.8 Å². The number of aryl methyl sites for hydroxylation is 1. The molecule has 0 amide bonds. The Kier molecular flexibility index (Phi) is 9.30. The number of halogens is 1. The Morgan fingerprint density at radius 1 is 1.16 bits per heavy atom. The first-order chi connectivity index (χ1) is 21.2. The third kappa shape index (κ3) is 7.69. The molecule has 45 heavy (non-hydrogen) atoms. The average Bonchev–Trinajstić information content (AvgIpc) is 3.12. The summed E-state index contributed by atoms with van der Waals surface area (Å²) in [6.07, 6.45) is 6.66. The van der Waals surface area contributed by atoms with Crippen LogP contribution in [-0.4, -0.2) is 34.5 Å². The van der Waals surface area contributed by atoms with Crippen LogP contribution in [0.1, 0.15) is 96.0 Å². The molecule has 0 unspecified atom stereocenters. The second-order valence-corrected chi connectivity index (χ2v) is 13.8. The highest BCUT2D eigenvalue weighted by molar-refractivity contribution is 5.86. The first kappa shape index (κ1) is 32.5. The number of carbonyl (C=O) groups excluding carboxylic acids is 1. The van der Waals surface area contributed by atoms with Crippen LogP contribution in [0.4, 0.5) is 10.1 Å². The summed E-state index contributed by atoms with van der Waals surface area (Å²) in [5.74, 6) is -1.38. The standard InChI is InChI=1S/C38H43FN2O4/c1-23(2)35-32(19-17-28-21-29(44-38(6,7)43-28)22-33(42)45-37(3,4)5)34(24-12-14-26(39)15-13-24)31-11-9-10-25-20-27(40-8)16-18-30(25)36(31)41-35/h12-20,23,28-29H,9-11,21-22H2,1-7H3/b19-17+/t28-,29-/m1/s1. The van der Waals surface area contributed by atoms with Gasteiger partial charge in [-0.05, 0) is 94.2 Å². The van der Waals surface area contributed by atoms with Gasteiger partial charge < -0.3 is 14.2 Å². The number of nitrogens with zero attached hydrogens (tertiary/aromatic N) is 2. The summed E-state index contributed by atoms with van der Waals surface area (Å²) in [6.45, 7) is 21.1. The lowest BCUT2D eigenvalue weighted by Crippen LogP contribution is -2.45. The molecule has 1 aromatic heterocycles. The quantitative estimate of drug-likeness (QED) is 0.206. The number of fused-ring (bicyclic) bond motifs is 3. The highest BCUT2D eigenvalue weighted by atomic mass is 19.1. The smallest absolute Gasteiger partial charge is 0.308 e. The van der Waals surface area contributed by atoms with E-state index >= 15 is 0 Å². The number of aromatic nitrogens is 1. The molecule has 2 atom stereocenters. The first-order valence-corrected chi connectivity index (χ1v) is 15.8. The molecule has 1 aliphatic heterocycles. The molecule has 2 aromatic carbocycles. The van der Waals surface area contributed by atoms with Crippen molar-refractivity contribution in [2.24, 2.45) is 0 Å². The van der Waals surface area contributed by atoms with Crippen molar-refractivity contribution in [3.8, 4) is 22.4 Å². The Morgan fingerprint density at radius 2 is 1.89 bits per heavy atom. The molecule has 1 saturated heterocycles. The maximum Gasteiger partial charge on any atom is 0.308 e. The van der Waals surface area contributed by atoms with Crippen molar-refractivity contribution < 1.29 is 23.4 Å². The first-order valence-electron chi connectivity index (χ1n) is 15.8. The van der Waals surface area contributed by atoms with Crippen molar-refractivity contribution in [1.82, 2.24) is 4.98 Å². The number of esters is 1. The molecule has 2 heterocycles. The number of carbonyl (C=O) groups is 1. The van der Waals surface area contributed by atoms with Gasteiger partial charge in [-0.15, -0.1) is 0 Å². The molecular formula is C38H43FN2O4. The zero-order valence-corrected chi connectivity index (χ0v) is 27.4. The Hall–Kier alpha value is -3.86. The normalized spacial score (nSPS) is 19.5. The fourth-order valence-corrected chi connectivity index (χ4v) is 6.39. The lowest BCUT2D eigenvalue weighted by molar-refractivity contribution is -0.290. The molecule has 0 N–H and O–H groups in total. The van der Waals surface area contributed by atoms with Gasteiger partial charge in [-0.3, -0.25) is 9.78 Å². The molecule has 3 aromatic rings. The van der Waals surface area contributed by atoms with Crippen LogP contribution in [0.3, 0.4) is 0 Å². The monoisotopic (exact) mass is 610 g/mol. The van der Waals surface area contributed by atoms with Crippen LogP contribution in [0.5, 0.6) is 0 Å². The van der Waals surface area contributed by atoms with Gasteiger partial charge in [0, 0.05) is 17.5 Å². The van der Waals surface area contributed by atoms with Gasteiger partial charge in [-0.25, -0.2) is 9.24 Å². The minimum atomic E-state index is -0.888. The van der Waals surface area contributed by atoms with E-state index in [1.54, 1.807) is 0 Å². The van der Waals surface area contributed by atoms with Crippen LogP contribution in [0.2, 0.25) is 0 Å². The number of hydrogen-bond acceptors (Lipinski definition) is 5. The van der Waals surface area contributed by atoms with E-state index in [0.29, 0.717) is 12.1 Å². The van der Waals surface area contributed by atoms with Crippen LogP contribution >= 0.6 is 0 Å². The van der Waals surface area contributed by atoms with Crippen molar-refractivity contribution in [2.75, 3.05) is 0 Å². The summed E-state index contributed by atoms with van der Waals surface area (Å²) in [5, 5.41) is 0. The van der Waals surface area contributed by atoms with E-state index in [9.17, 15) is 9.18 Å². The van der Waals surface area contributed by atoms with Crippen LogP contribution in [0.25, 0.3) is 33.3 Å². The molecule has 5 rings (SSSR count). The highest BCUT2D eigenvalue weighted by Gasteiger charge is 2.36. The van der Waals surface area contributed by atoms with Crippen LogP contribution in [-0.2, 0) is 31.8 Å². The van der Waals surface area contributed by atoms with Gasteiger partial charge in [0.05, 0.1) is 36.6 Å². The largest absolute Gasteiger partial charge is 0.460 e. The SMILES string of the molecule is [C-]#[N+]c1ccc2c(c1)CCCc1c-2nc(C(C)C)c(/C=C/[C@@H]2C[C@H](CC(=O)OC(C)(C)C)OC(C)(C)O2)c1-c1ccc(F)cc1. The van der Waals surface area contributed by atoms with Crippen molar-refractivity contribution >= 4 is 17.7 Å². The summed E-state index contributed by atoms with van der Waals surface area (Å²) >= 11 is 0. The maximum atomic E-state index is 14.2. The number of hydrogen-bond donors (Lipinski definition) is 0. The van der Waals surface area contributed by atoms with Gasteiger partial charge in [0.15, 0.2) is 11.5 Å². The summed E-state index contributed by atoms with van der Waals surface area (Å²) < 4.78 is 32.2. The molecular weight excluding hydrogens is 567 g/mol. The second-order valence-electron chi connectivity index (χ2n) is 13.8. The van der Waals surface area contributed by atoms with Crippen LogP contribution in [0.15, 0.2) is 48.5 Å². The number of benzene rings is 2. The highest BCUT2D eigenvalue weighted by Crippen LogP contribution is 2.43. The van der Waals surface area contributed by atoms with E-state index in [1.807, 2.05) is 71.0 Å². The van der Waals surface area contributed by atoms with Crippen molar-refractivity contribution in [1.29, 1.82) is 0 Å². The van der Waals surface area contributed by atoms with Crippen molar-refractivity contribution in [3.63, 3.8) is 0 Å². The second kappa shape index (κ2) is 12.9. The number of ether oxygens (including phenoxy) is 3. The van der Waals surface area contributed by atoms with E-state index < -0.39 is 11.4 Å². The summed E-state index contributed by atoms with van der Waals surface area (Å²) in [6, 6.07) is 12.6. The van der Waals surface area contributed by atoms with Gasteiger partial charge in [0.2, 0.25) is 0 Å². The molecule has 2 aliphatic rings. The van der Waals surface area contributed by atoms with E-state index in [1.165, 1.54) is 12.1 Å². The molecule has 1 fully saturated rings. The van der Waals surface area contributed by atoms with Gasteiger partial charge in [-0.2, -0.15) is 0 Å². The molecule has 1 aliphatic carbocycles. The van der Waals surface area contributed by atoms with Gasteiger partial charge in [0.25, 0.3) is 0 Å². The molecule has 0 radical (unpaired) electrons. The maximum absolute atomic E-state index is 14.2. The molecule has 0 bridgehead atoms. The topological polar surface area (TPSA) is 62.0 Å².